The Bertz CT molecular complexity index is 549. The number of carbonyl (C=O) groups is 1. The maximum absolute atomic E-state index is 12.9. The zero-order chi connectivity index (χ0) is 17.6. The van der Waals surface area contributed by atoms with Crippen LogP contribution in [0.1, 0.15) is 57.8 Å². The van der Waals surface area contributed by atoms with Gasteiger partial charge in [-0.05, 0) is 68.7 Å². The molecule has 25 heavy (non-hydrogen) atoms. The lowest BCUT2D eigenvalue weighted by Crippen LogP contribution is -2.51. The molecule has 1 aromatic rings. The van der Waals surface area contributed by atoms with Crippen LogP contribution in [0.2, 0.25) is 0 Å². The second-order valence-electron chi connectivity index (χ2n) is 7.48. The summed E-state index contributed by atoms with van der Waals surface area (Å²) < 4.78 is 18.7. The minimum Gasteiger partial charge on any atom is -0.493 e. The van der Waals surface area contributed by atoms with Gasteiger partial charge in [-0.2, -0.15) is 0 Å². The van der Waals surface area contributed by atoms with E-state index in [2.05, 4.69) is 0 Å². The van der Waals surface area contributed by atoms with E-state index in [1.165, 1.54) is 31.4 Å². The van der Waals surface area contributed by atoms with Crippen molar-refractivity contribution in [1.82, 2.24) is 4.90 Å². The first kappa shape index (κ1) is 18.0. The number of hydrogen-bond donors (Lipinski definition) is 1. The predicted octanol–water partition coefficient (Wildman–Crippen LogP) is 4.48. The van der Waals surface area contributed by atoms with Gasteiger partial charge in [-0.25, -0.2) is 9.18 Å². The largest absolute Gasteiger partial charge is 0.493 e. The molecule has 0 heterocycles. The van der Waals surface area contributed by atoms with E-state index in [1.807, 2.05) is 4.90 Å². The highest BCUT2D eigenvalue weighted by molar-refractivity contribution is 5.72. The van der Waals surface area contributed by atoms with E-state index in [0.29, 0.717) is 24.3 Å². The molecule has 0 atom stereocenters. The van der Waals surface area contributed by atoms with Crippen LogP contribution in [0.4, 0.5) is 9.18 Å². The van der Waals surface area contributed by atoms with Crippen molar-refractivity contribution in [3.8, 4) is 5.75 Å². The summed E-state index contributed by atoms with van der Waals surface area (Å²) in [6.45, 7) is 0.651. The SMILES string of the molecule is NC(=O)N(C1CCCCC1)C1CCC(COc2ccc(F)cc2)CC1. The molecule has 1 aromatic carbocycles. The summed E-state index contributed by atoms with van der Waals surface area (Å²) in [6.07, 6.45) is 9.95. The Balaban J connectivity index is 1.48. The average molecular weight is 348 g/mol. The van der Waals surface area contributed by atoms with E-state index < -0.39 is 0 Å². The van der Waals surface area contributed by atoms with Crippen molar-refractivity contribution in [3.05, 3.63) is 30.1 Å². The fraction of sp³-hybridized carbons (Fsp3) is 0.650. The molecule has 0 unspecified atom stereocenters. The zero-order valence-corrected chi connectivity index (χ0v) is 14.8. The number of ether oxygens (including phenoxy) is 1. The Hall–Kier alpha value is -1.78. The minimum atomic E-state index is -0.252. The molecular formula is C20H29FN2O2. The van der Waals surface area contributed by atoms with Crippen molar-refractivity contribution >= 4 is 6.03 Å². The molecular weight excluding hydrogens is 319 g/mol. The Kier molecular flexibility index (Phi) is 6.16. The van der Waals surface area contributed by atoms with Crippen molar-refractivity contribution in [2.24, 2.45) is 11.7 Å². The number of rotatable bonds is 5. The second-order valence-corrected chi connectivity index (χ2v) is 7.48. The molecule has 3 rings (SSSR count). The summed E-state index contributed by atoms with van der Waals surface area (Å²) in [5.41, 5.74) is 5.71. The lowest BCUT2D eigenvalue weighted by molar-refractivity contribution is 0.0913. The number of carbonyl (C=O) groups excluding carboxylic acids is 1. The summed E-state index contributed by atoms with van der Waals surface area (Å²) >= 11 is 0. The van der Waals surface area contributed by atoms with E-state index in [0.717, 1.165) is 38.5 Å². The molecule has 2 aliphatic carbocycles. The number of nitrogens with two attached hydrogens (primary N) is 1. The third-order valence-electron chi connectivity index (χ3n) is 5.73. The normalized spacial score (nSPS) is 24.7. The fourth-order valence-electron chi connectivity index (χ4n) is 4.35. The Labute approximate surface area is 149 Å². The average Bonchev–Trinajstić information content (AvgIpc) is 2.63. The Morgan fingerprint density at radius 1 is 1.00 bits per heavy atom. The van der Waals surface area contributed by atoms with Crippen LogP contribution in [0, 0.1) is 11.7 Å². The van der Waals surface area contributed by atoms with Gasteiger partial charge >= 0.3 is 6.03 Å². The summed E-state index contributed by atoms with van der Waals surface area (Å²) in [5.74, 6) is 0.953. The van der Waals surface area contributed by atoms with Crippen molar-refractivity contribution < 1.29 is 13.9 Å². The van der Waals surface area contributed by atoms with Crippen LogP contribution in [0.15, 0.2) is 24.3 Å². The quantitative estimate of drug-likeness (QED) is 0.853. The maximum atomic E-state index is 12.9. The van der Waals surface area contributed by atoms with Crippen LogP contribution in [0.25, 0.3) is 0 Å². The first-order chi connectivity index (χ1) is 12.1. The molecule has 2 N–H and O–H groups in total. The fourth-order valence-corrected chi connectivity index (χ4v) is 4.35. The first-order valence-electron chi connectivity index (χ1n) is 9.59. The van der Waals surface area contributed by atoms with E-state index in [9.17, 15) is 9.18 Å². The molecule has 5 heteroatoms. The van der Waals surface area contributed by atoms with Gasteiger partial charge in [-0.1, -0.05) is 19.3 Å². The third kappa shape index (κ3) is 4.86. The molecule has 2 aliphatic rings. The third-order valence-corrected chi connectivity index (χ3v) is 5.73. The number of primary amides is 1. The summed E-state index contributed by atoms with van der Waals surface area (Å²) in [5, 5.41) is 0. The number of amides is 2. The number of nitrogens with zero attached hydrogens (tertiary/aromatic N) is 1. The molecule has 2 saturated carbocycles. The van der Waals surface area contributed by atoms with Gasteiger partial charge < -0.3 is 15.4 Å². The Morgan fingerprint density at radius 3 is 2.20 bits per heavy atom. The molecule has 4 nitrogen and oxygen atoms in total. The van der Waals surface area contributed by atoms with Crippen LogP contribution < -0.4 is 10.5 Å². The molecule has 2 fully saturated rings. The van der Waals surface area contributed by atoms with Gasteiger partial charge in [0.2, 0.25) is 0 Å². The van der Waals surface area contributed by atoms with Crippen LogP contribution in [0.5, 0.6) is 5.75 Å². The van der Waals surface area contributed by atoms with Crippen LogP contribution in [-0.4, -0.2) is 29.6 Å². The van der Waals surface area contributed by atoms with E-state index in [-0.39, 0.29) is 17.9 Å². The lowest BCUT2D eigenvalue weighted by Gasteiger charge is -2.42. The van der Waals surface area contributed by atoms with Crippen LogP contribution in [0.3, 0.4) is 0 Å². The number of benzene rings is 1. The summed E-state index contributed by atoms with van der Waals surface area (Å²) in [4.78, 5) is 14.0. The molecule has 2 amide bonds. The molecule has 0 spiro atoms. The van der Waals surface area contributed by atoms with Crippen molar-refractivity contribution in [1.29, 1.82) is 0 Å². The second kappa shape index (κ2) is 8.54. The monoisotopic (exact) mass is 348 g/mol. The van der Waals surface area contributed by atoms with Crippen molar-refractivity contribution in [2.45, 2.75) is 69.9 Å². The lowest BCUT2D eigenvalue weighted by atomic mass is 9.84. The van der Waals surface area contributed by atoms with E-state index in [1.54, 1.807) is 12.1 Å². The highest BCUT2D eigenvalue weighted by Gasteiger charge is 2.33. The van der Waals surface area contributed by atoms with Crippen LogP contribution >= 0.6 is 0 Å². The van der Waals surface area contributed by atoms with E-state index >= 15 is 0 Å². The predicted molar refractivity (Wildman–Crippen MR) is 95.9 cm³/mol. The number of hydrogen-bond acceptors (Lipinski definition) is 2. The first-order valence-corrected chi connectivity index (χ1v) is 9.59. The Morgan fingerprint density at radius 2 is 1.60 bits per heavy atom. The number of halogens is 1. The van der Waals surface area contributed by atoms with E-state index in [4.69, 9.17) is 10.5 Å². The molecule has 0 aliphatic heterocycles. The van der Waals surface area contributed by atoms with Gasteiger partial charge in [0.05, 0.1) is 6.61 Å². The number of urea groups is 1. The highest BCUT2D eigenvalue weighted by Crippen LogP contribution is 2.32. The molecule has 138 valence electrons. The van der Waals surface area contributed by atoms with Gasteiger partial charge in [0.1, 0.15) is 11.6 Å². The van der Waals surface area contributed by atoms with Gasteiger partial charge in [0.15, 0.2) is 0 Å². The van der Waals surface area contributed by atoms with Crippen LogP contribution in [-0.2, 0) is 0 Å². The minimum absolute atomic E-state index is 0.248. The summed E-state index contributed by atoms with van der Waals surface area (Å²) in [6, 6.07) is 6.53. The smallest absolute Gasteiger partial charge is 0.315 e. The zero-order valence-electron chi connectivity index (χ0n) is 14.8. The highest BCUT2D eigenvalue weighted by atomic mass is 19.1. The van der Waals surface area contributed by atoms with Crippen molar-refractivity contribution in [2.75, 3.05) is 6.61 Å². The molecule has 0 bridgehead atoms. The van der Waals surface area contributed by atoms with Crippen molar-refractivity contribution in [3.63, 3.8) is 0 Å². The van der Waals surface area contributed by atoms with Gasteiger partial charge in [-0.15, -0.1) is 0 Å². The topological polar surface area (TPSA) is 55.6 Å². The molecule has 0 aromatic heterocycles. The molecule has 0 radical (unpaired) electrons. The standard InChI is InChI=1S/C20H29FN2O2/c21-16-8-12-19(13-9-16)25-14-15-6-10-18(11-7-15)23(20(22)24)17-4-2-1-3-5-17/h8-9,12-13,15,17-18H,1-7,10-11,14H2,(H2,22,24). The van der Waals surface area contributed by atoms with Gasteiger partial charge in [-0.3, -0.25) is 0 Å². The van der Waals surface area contributed by atoms with Gasteiger partial charge in [0, 0.05) is 12.1 Å². The summed E-state index contributed by atoms with van der Waals surface area (Å²) in [7, 11) is 0. The molecule has 0 saturated heterocycles. The van der Waals surface area contributed by atoms with Gasteiger partial charge in [0.25, 0.3) is 0 Å². The maximum Gasteiger partial charge on any atom is 0.315 e.